The SMILES string of the molecule is CCCCc1ccc([Si](C2=C(C)C(C)=[C-]C2)(c2ccc(CCCC)cc2)c2ccc(CCCC)cc2)cc1.[Cl-].[Cl-].[Cl-].[Ti+4]. The molecule has 0 unspecified atom stereocenters. The summed E-state index contributed by atoms with van der Waals surface area (Å²) in [6.45, 7) is 11.4. The van der Waals surface area contributed by atoms with E-state index < -0.39 is 8.07 Å². The van der Waals surface area contributed by atoms with Gasteiger partial charge in [0.2, 0.25) is 0 Å². The number of aryl methyl sites for hydroxylation is 3. The maximum absolute atomic E-state index is 3.73. The average molecular weight is 674 g/mol. The molecule has 0 aliphatic heterocycles. The summed E-state index contributed by atoms with van der Waals surface area (Å²) in [5.74, 6) is 0. The van der Waals surface area contributed by atoms with Crippen molar-refractivity contribution in [2.45, 2.75) is 98.8 Å². The molecule has 0 radical (unpaired) electrons. The minimum Gasteiger partial charge on any atom is -1.00 e. The van der Waals surface area contributed by atoms with E-state index in [0.29, 0.717) is 0 Å². The van der Waals surface area contributed by atoms with Crippen molar-refractivity contribution in [1.82, 2.24) is 0 Å². The summed E-state index contributed by atoms with van der Waals surface area (Å²) < 4.78 is 0. The van der Waals surface area contributed by atoms with Gasteiger partial charge in [-0.2, -0.15) is 5.20 Å². The van der Waals surface area contributed by atoms with E-state index in [2.05, 4.69) is 113 Å². The maximum atomic E-state index is 3.73. The fourth-order valence-electron chi connectivity index (χ4n) is 6.06. The van der Waals surface area contributed by atoms with Crippen molar-refractivity contribution in [3.05, 3.63) is 112 Å². The Kier molecular flexibility index (Phi) is 19.6. The summed E-state index contributed by atoms with van der Waals surface area (Å²) in [5.41, 5.74) is 7.16. The van der Waals surface area contributed by atoms with E-state index in [1.165, 1.54) is 101 Å². The molecule has 0 atom stereocenters. The molecule has 1 aliphatic rings. The molecule has 0 spiro atoms. The van der Waals surface area contributed by atoms with Crippen molar-refractivity contribution in [3.8, 4) is 0 Å². The number of hydrogen-bond donors (Lipinski definition) is 0. The van der Waals surface area contributed by atoms with E-state index >= 15 is 0 Å². The van der Waals surface area contributed by atoms with Gasteiger partial charge in [-0.1, -0.05) is 120 Å². The number of rotatable bonds is 13. The zero-order valence-electron chi connectivity index (χ0n) is 26.1. The molecular formula is C37H47Cl3SiTi. The molecule has 3 aromatic rings. The van der Waals surface area contributed by atoms with Crippen LogP contribution in [0.5, 0.6) is 0 Å². The third-order valence-corrected chi connectivity index (χ3v) is 13.7. The predicted molar refractivity (Wildman–Crippen MR) is 170 cm³/mol. The van der Waals surface area contributed by atoms with Crippen LogP contribution in [0.1, 0.15) is 96.3 Å². The van der Waals surface area contributed by atoms with Crippen molar-refractivity contribution >= 4 is 23.6 Å². The van der Waals surface area contributed by atoms with E-state index in [9.17, 15) is 0 Å². The molecule has 0 N–H and O–H groups in total. The quantitative estimate of drug-likeness (QED) is 0.127. The third-order valence-electron chi connectivity index (χ3n) is 8.62. The molecule has 0 amide bonds. The summed E-state index contributed by atoms with van der Waals surface area (Å²) in [6.07, 6.45) is 15.6. The predicted octanol–water partition coefficient (Wildman–Crippen LogP) is -0.797. The molecule has 1 aliphatic carbocycles. The molecule has 4 rings (SSSR count). The molecule has 0 nitrogen and oxygen atoms in total. The van der Waals surface area contributed by atoms with Gasteiger partial charge in [-0.05, 0) is 70.8 Å². The summed E-state index contributed by atoms with van der Waals surface area (Å²) in [5, 5.41) is 6.13. The van der Waals surface area contributed by atoms with Crippen LogP contribution >= 0.6 is 0 Å². The van der Waals surface area contributed by atoms with Gasteiger partial charge in [0, 0.05) is 0 Å². The van der Waals surface area contributed by atoms with E-state index in [1.807, 2.05) is 0 Å². The van der Waals surface area contributed by atoms with E-state index in [1.54, 1.807) is 5.20 Å². The summed E-state index contributed by atoms with van der Waals surface area (Å²) in [7, 11) is -2.46. The second-order valence-corrected chi connectivity index (χ2v) is 15.1. The first kappa shape index (κ1) is 40.9. The van der Waals surface area contributed by atoms with Crippen LogP contribution in [0.15, 0.2) is 89.1 Å². The Hall–Kier alpha value is -1.06. The Morgan fingerprint density at radius 2 is 0.857 bits per heavy atom. The first-order chi connectivity index (χ1) is 18.5. The average Bonchev–Trinajstić information content (AvgIpc) is 3.29. The van der Waals surface area contributed by atoms with Gasteiger partial charge in [0.1, 0.15) is 0 Å². The second kappa shape index (κ2) is 20.1. The zero-order chi connectivity index (χ0) is 27.0. The van der Waals surface area contributed by atoms with Crippen LogP contribution in [0.3, 0.4) is 0 Å². The van der Waals surface area contributed by atoms with Crippen molar-refractivity contribution in [2.24, 2.45) is 0 Å². The molecule has 3 aromatic carbocycles. The van der Waals surface area contributed by atoms with Gasteiger partial charge in [0.05, 0.1) is 0 Å². The molecule has 0 saturated heterocycles. The van der Waals surface area contributed by atoms with Gasteiger partial charge in [-0.25, -0.2) is 11.1 Å². The van der Waals surface area contributed by atoms with E-state index in [-0.39, 0.29) is 58.9 Å². The van der Waals surface area contributed by atoms with Crippen LogP contribution in [0.25, 0.3) is 0 Å². The number of hydrogen-bond acceptors (Lipinski definition) is 0. The number of allylic oxidation sites excluding steroid dienone is 4. The van der Waals surface area contributed by atoms with Gasteiger partial charge in [-0.15, -0.1) is 13.3 Å². The largest absolute Gasteiger partial charge is 4.00 e. The topological polar surface area (TPSA) is 0 Å². The molecule has 42 heavy (non-hydrogen) atoms. The molecule has 5 heteroatoms. The number of benzene rings is 3. The molecule has 0 heterocycles. The normalized spacial score (nSPS) is 12.5. The first-order valence-electron chi connectivity index (χ1n) is 15.1. The molecule has 0 fully saturated rings. The summed E-state index contributed by atoms with van der Waals surface area (Å²) in [4.78, 5) is 0. The van der Waals surface area contributed by atoms with E-state index in [4.69, 9.17) is 0 Å². The van der Waals surface area contributed by atoms with Gasteiger partial charge >= 0.3 is 21.7 Å². The standard InChI is InChI=1S/C37H47Si.3ClH.Ti/c1-6-9-12-31-16-22-34(23-17-31)38(37-28-15-29(4)30(37)5,35-24-18-32(19-25-35)13-10-7-2)36-26-20-33(21-27-36)14-11-8-3;;;;/h16-27H,6-14,28H2,1-5H3;3*1H;/q-1;;;;+4/p-3. The van der Waals surface area contributed by atoms with Crippen LogP contribution < -0.4 is 52.8 Å². The van der Waals surface area contributed by atoms with Crippen molar-refractivity contribution in [2.75, 3.05) is 0 Å². The Balaban J connectivity index is 0.00000420. The van der Waals surface area contributed by atoms with Gasteiger partial charge in [-0.3, -0.25) is 6.08 Å². The van der Waals surface area contributed by atoms with Gasteiger partial charge < -0.3 is 37.2 Å². The fourth-order valence-corrected chi connectivity index (χ4v) is 11.2. The molecular weight excluding hydrogens is 627 g/mol. The van der Waals surface area contributed by atoms with Crippen molar-refractivity contribution in [3.63, 3.8) is 0 Å². The van der Waals surface area contributed by atoms with Gasteiger partial charge in [0.25, 0.3) is 0 Å². The summed E-state index contributed by atoms with van der Waals surface area (Å²) >= 11 is 0. The smallest absolute Gasteiger partial charge is 1.00 e. The zero-order valence-corrected chi connectivity index (χ0v) is 31.0. The second-order valence-electron chi connectivity index (χ2n) is 11.2. The van der Waals surface area contributed by atoms with Crippen LogP contribution in [-0.4, -0.2) is 8.07 Å². The summed E-state index contributed by atoms with van der Waals surface area (Å²) in [6, 6.07) is 29.3. The van der Waals surface area contributed by atoms with Crippen LogP contribution in [0, 0.1) is 6.08 Å². The Labute approximate surface area is 291 Å². The molecule has 0 saturated carbocycles. The third kappa shape index (κ3) is 9.23. The minimum absolute atomic E-state index is 0. The number of unbranched alkanes of at least 4 members (excludes halogenated alkanes) is 3. The van der Waals surface area contributed by atoms with Crippen LogP contribution in [0.4, 0.5) is 0 Å². The van der Waals surface area contributed by atoms with Gasteiger partial charge in [0.15, 0.2) is 8.07 Å². The molecule has 224 valence electrons. The van der Waals surface area contributed by atoms with Crippen molar-refractivity contribution in [1.29, 1.82) is 0 Å². The fraction of sp³-hybridized carbons (Fsp3) is 0.405. The monoisotopic (exact) mass is 672 g/mol. The first-order valence-corrected chi connectivity index (χ1v) is 17.1. The van der Waals surface area contributed by atoms with Crippen LogP contribution in [0.2, 0.25) is 0 Å². The Morgan fingerprint density at radius 1 is 0.548 bits per heavy atom. The maximum Gasteiger partial charge on any atom is 4.00 e. The molecule has 0 bridgehead atoms. The number of halogens is 3. The molecule has 0 aromatic heterocycles. The Bertz CT molecular complexity index is 1120. The van der Waals surface area contributed by atoms with Crippen molar-refractivity contribution < 1.29 is 58.9 Å². The Morgan fingerprint density at radius 3 is 1.10 bits per heavy atom. The van der Waals surface area contributed by atoms with E-state index in [0.717, 1.165) is 6.42 Å². The minimum atomic E-state index is -2.46. The van der Waals surface area contributed by atoms with Crippen LogP contribution in [-0.2, 0) is 41.0 Å².